The van der Waals surface area contributed by atoms with Crippen LogP contribution in [0, 0.1) is 0 Å². The van der Waals surface area contributed by atoms with E-state index in [0.29, 0.717) is 24.2 Å². The maximum absolute atomic E-state index is 12.3. The molecule has 6 nitrogen and oxygen atoms in total. The van der Waals surface area contributed by atoms with Crippen LogP contribution in [0.15, 0.2) is 76.9 Å². The van der Waals surface area contributed by atoms with Gasteiger partial charge in [0.05, 0.1) is 18.4 Å². The average molecular weight is 471 g/mol. The minimum absolute atomic E-state index is 0.0922. The summed E-state index contributed by atoms with van der Waals surface area (Å²) in [5.74, 6) is -0.0359. The molecular formula is C29H30N2O4. The van der Waals surface area contributed by atoms with Crippen LogP contribution >= 0.6 is 0 Å². The summed E-state index contributed by atoms with van der Waals surface area (Å²) in [6, 6.07) is 19.7. The van der Waals surface area contributed by atoms with Gasteiger partial charge in [-0.1, -0.05) is 29.8 Å². The second kappa shape index (κ2) is 9.92. The number of carbonyl (C=O) groups is 2. The number of fused-ring (bicyclic) bond motifs is 2. The highest BCUT2D eigenvalue weighted by atomic mass is 16.4. The monoisotopic (exact) mass is 470 g/mol. The van der Waals surface area contributed by atoms with Crippen LogP contribution in [0.4, 0.5) is 0 Å². The van der Waals surface area contributed by atoms with Crippen molar-refractivity contribution in [1.82, 2.24) is 10.2 Å². The van der Waals surface area contributed by atoms with E-state index in [1.54, 1.807) is 18.4 Å². The van der Waals surface area contributed by atoms with Gasteiger partial charge in [-0.05, 0) is 85.7 Å². The van der Waals surface area contributed by atoms with Gasteiger partial charge in [-0.15, -0.1) is 0 Å². The maximum atomic E-state index is 12.3. The summed E-state index contributed by atoms with van der Waals surface area (Å²) < 4.78 is 5.62. The Labute approximate surface area is 205 Å². The molecule has 5 rings (SSSR count). The van der Waals surface area contributed by atoms with E-state index >= 15 is 0 Å². The number of hydrogen-bond acceptors (Lipinski definition) is 4. The van der Waals surface area contributed by atoms with Gasteiger partial charge in [0.15, 0.2) is 0 Å². The Hall–Kier alpha value is -3.64. The summed E-state index contributed by atoms with van der Waals surface area (Å²) in [5, 5.41) is 12.4. The van der Waals surface area contributed by atoms with Crippen molar-refractivity contribution in [3.05, 3.63) is 101 Å². The van der Waals surface area contributed by atoms with Crippen molar-refractivity contribution in [2.45, 2.75) is 51.2 Å². The van der Waals surface area contributed by atoms with Crippen LogP contribution in [-0.2, 0) is 6.54 Å². The van der Waals surface area contributed by atoms with Crippen molar-refractivity contribution in [3.8, 4) is 0 Å². The highest BCUT2D eigenvalue weighted by Gasteiger charge is 2.39. The minimum Gasteiger partial charge on any atom is -0.478 e. The Bertz CT molecular complexity index is 1230. The largest absolute Gasteiger partial charge is 0.478 e. The van der Waals surface area contributed by atoms with Gasteiger partial charge in [-0.2, -0.15) is 0 Å². The average Bonchev–Trinajstić information content (AvgIpc) is 3.45. The van der Waals surface area contributed by atoms with E-state index in [1.807, 2.05) is 55.5 Å². The fraction of sp³-hybridized carbons (Fsp3) is 0.310. The van der Waals surface area contributed by atoms with E-state index in [1.165, 1.54) is 5.57 Å². The zero-order valence-electron chi connectivity index (χ0n) is 19.9. The van der Waals surface area contributed by atoms with Crippen LogP contribution < -0.4 is 5.32 Å². The van der Waals surface area contributed by atoms with Crippen molar-refractivity contribution in [1.29, 1.82) is 0 Å². The SMILES string of the molecule is CCNC(=O)c1ccc(C(=C2CC3CCC(C2)N3Cc2ccco2)c2cccc(C(=O)O)c2)cc1. The van der Waals surface area contributed by atoms with Crippen LogP contribution in [0.3, 0.4) is 0 Å². The van der Waals surface area contributed by atoms with Crippen LogP contribution in [0.25, 0.3) is 5.57 Å². The minimum atomic E-state index is -0.934. The first kappa shape index (κ1) is 23.1. The van der Waals surface area contributed by atoms with E-state index in [2.05, 4.69) is 10.2 Å². The lowest BCUT2D eigenvalue weighted by Crippen LogP contribution is -2.40. The smallest absolute Gasteiger partial charge is 0.335 e. The lowest BCUT2D eigenvalue weighted by atomic mass is 9.85. The standard InChI is InChI=1S/C29H30N2O4/c1-2-30-28(32)20-10-8-19(9-11-20)27(21-5-3-6-22(15-21)29(33)34)23-16-24-12-13-25(17-23)31(24)18-26-7-4-14-35-26/h3-11,14-15,24-25H,2,12-13,16-18H2,1H3,(H,30,32)(H,33,34). The number of benzene rings is 2. The normalized spacial score (nSPS) is 19.5. The molecule has 2 atom stereocenters. The summed E-state index contributed by atoms with van der Waals surface area (Å²) >= 11 is 0. The second-order valence-electron chi connectivity index (χ2n) is 9.35. The van der Waals surface area contributed by atoms with Crippen molar-refractivity contribution in [3.63, 3.8) is 0 Å². The molecule has 0 saturated carbocycles. The molecule has 3 aromatic rings. The van der Waals surface area contributed by atoms with E-state index in [-0.39, 0.29) is 11.5 Å². The van der Waals surface area contributed by atoms with Gasteiger partial charge in [-0.3, -0.25) is 9.69 Å². The van der Waals surface area contributed by atoms with Gasteiger partial charge < -0.3 is 14.8 Å². The van der Waals surface area contributed by atoms with Gasteiger partial charge in [-0.25, -0.2) is 4.79 Å². The summed E-state index contributed by atoms with van der Waals surface area (Å²) in [6.45, 7) is 3.30. The number of hydrogen-bond donors (Lipinski definition) is 2. The lowest BCUT2D eigenvalue weighted by Gasteiger charge is -2.36. The number of rotatable bonds is 7. The number of amides is 1. The first-order valence-corrected chi connectivity index (χ1v) is 12.3. The number of piperidine rings is 1. The molecule has 2 bridgehead atoms. The molecule has 1 aromatic heterocycles. The van der Waals surface area contributed by atoms with Crippen LogP contribution in [0.2, 0.25) is 0 Å². The molecule has 0 spiro atoms. The zero-order chi connectivity index (χ0) is 24.4. The number of furan rings is 1. The quantitative estimate of drug-likeness (QED) is 0.486. The number of carboxylic acids is 1. The maximum Gasteiger partial charge on any atom is 0.335 e. The second-order valence-corrected chi connectivity index (χ2v) is 9.35. The summed E-state index contributed by atoms with van der Waals surface area (Å²) in [5.41, 5.74) is 5.25. The number of nitrogens with one attached hydrogen (secondary N) is 1. The third-order valence-electron chi connectivity index (χ3n) is 7.18. The Morgan fingerprint density at radius 1 is 0.943 bits per heavy atom. The summed E-state index contributed by atoms with van der Waals surface area (Å²) in [7, 11) is 0. The van der Waals surface area contributed by atoms with E-state index < -0.39 is 5.97 Å². The molecule has 2 fully saturated rings. The molecule has 180 valence electrons. The molecule has 2 saturated heterocycles. The predicted octanol–water partition coefficient (Wildman–Crippen LogP) is 5.36. The first-order chi connectivity index (χ1) is 17.0. The highest BCUT2D eigenvalue weighted by Crippen LogP contribution is 2.43. The predicted molar refractivity (Wildman–Crippen MR) is 134 cm³/mol. The number of carboxylic acid groups (broad SMARTS) is 1. The third kappa shape index (κ3) is 4.80. The Balaban J connectivity index is 1.53. The van der Waals surface area contributed by atoms with Crippen LogP contribution in [0.1, 0.15) is 70.2 Å². The van der Waals surface area contributed by atoms with Crippen molar-refractivity contribution in [2.24, 2.45) is 0 Å². The van der Waals surface area contributed by atoms with Gasteiger partial charge in [0.1, 0.15) is 5.76 Å². The zero-order valence-corrected chi connectivity index (χ0v) is 19.9. The van der Waals surface area contributed by atoms with Crippen LogP contribution in [0.5, 0.6) is 0 Å². The first-order valence-electron chi connectivity index (χ1n) is 12.3. The van der Waals surface area contributed by atoms with Crippen LogP contribution in [-0.4, -0.2) is 40.5 Å². The summed E-state index contributed by atoms with van der Waals surface area (Å²) in [6.07, 6.45) is 5.88. The van der Waals surface area contributed by atoms with Crippen molar-refractivity contribution >= 4 is 17.4 Å². The molecular weight excluding hydrogens is 440 g/mol. The molecule has 35 heavy (non-hydrogen) atoms. The van der Waals surface area contributed by atoms with E-state index in [4.69, 9.17) is 4.42 Å². The van der Waals surface area contributed by atoms with Gasteiger partial charge in [0.2, 0.25) is 0 Å². The fourth-order valence-electron chi connectivity index (χ4n) is 5.58. The number of carbonyl (C=O) groups excluding carboxylic acids is 1. The molecule has 2 aliphatic rings. The van der Waals surface area contributed by atoms with Gasteiger partial charge >= 0.3 is 5.97 Å². The van der Waals surface area contributed by atoms with Crippen molar-refractivity contribution in [2.75, 3.05) is 6.54 Å². The van der Waals surface area contributed by atoms with Crippen molar-refractivity contribution < 1.29 is 19.1 Å². The molecule has 2 unspecified atom stereocenters. The fourth-order valence-corrected chi connectivity index (χ4v) is 5.58. The Morgan fingerprint density at radius 3 is 2.26 bits per heavy atom. The molecule has 1 amide bonds. The molecule has 2 aliphatic heterocycles. The Morgan fingerprint density at radius 2 is 1.63 bits per heavy atom. The molecule has 2 aromatic carbocycles. The van der Waals surface area contributed by atoms with E-state index in [0.717, 1.165) is 54.7 Å². The van der Waals surface area contributed by atoms with Gasteiger partial charge in [0.25, 0.3) is 5.91 Å². The number of nitrogens with zero attached hydrogens (tertiary/aromatic N) is 1. The highest BCUT2D eigenvalue weighted by molar-refractivity contribution is 5.95. The van der Waals surface area contributed by atoms with E-state index in [9.17, 15) is 14.7 Å². The molecule has 6 heteroatoms. The van der Waals surface area contributed by atoms with Gasteiger partial charge in [0, 0.05) is 24.2 Å². The molecule has 2 N–H and O–H groups in total. The molecule has 3 heterocycles. The topological polar surface area (TPSA) is 82.8 Å². The molecule has 0 radical (unpaired) electrons. The lowest BCUT2D eigenvalue weighted by molar-refractivity contribution is 0.0696. The number of aromatic carboxylic acids is 1. The Kier molecular flexibility index (Phi) is 6.55. The third-order valence-corrected chi connectivity index (χ3v) is 7.18. The molecule has 0 aliphatic carbocycles. The summed E-state index contributed by atoms with van der Waals surface area (Å²) in [4.78, 5) is 26.5.